The maximum Gasteiger partial charge on any atom is 0.0933 e. The zero-order valence-electron chi connectivity index (χ0n) is 10.3. The minimum Gasteiger partial charge on any atom is -0.394 e. The maximum absolute atomic E-state index is 9.15. The van der Waals surface area contributed by atoms with Crippen LogP contribution in [0.4, 0.5) is 0 Å². The standard InChI is InChI=1S/C13H17Cl2NO2/c1-9-8-18-11(7-17)6-16(9)5-10-2-3-12(14)13(15)4-10/h2-4,9,11,17H,5-8H2,1H3. The summed E-state index contributed by atoms with van der Waals surface area (Å²) in [6.45, 7) is 4.35. The molecule has 1 heterocycles. The lowest BCUT2D eigenvalue weighted by atomic mass is 10.1. The predicted molar refractivity (Wildman–Crippen MR) is 73.2 cm³/mol. The molecule has 1 aromatic carbocycles. The molecule has 0 amide bonds. The third-order valence-electron chi connectivity index (χ3n) is 3.21. The van der Waals surface area contributed by atoms with Crippen LogP contribution in [-0.2, 0) is 11.3 Å². The van der Waals surface area contributed by atoms with Crippen LogP contribution in [0.2, 0.25) is 10.0 Å². The fourth-order valence-electron chi connectivity index (χ4n) is 2.08. The monoisotopic (exact) mass is 289 g/mol. The molecule has 1 fully saturated rings. The summed E-state index contributed by atoms with van der Waals surface area (Å²) >= 11 is 11.9. The van der Waals surface area contributed by atoms with Crippen LogP contribution in [0, 0.1) is 0 Å². The first-order valence-electron chi connectivity index (χ1n) is 6.00. The Morgan fingerprint density at radius 1 is 1.39 bits per heavy atom. The first-order valence-corrected chi connectivity index (χ1v) is 6.76. The minimum absolute atomic E-state index is 0.0601. The molecular formula is C13H17Cl2NO2. The Morgan fingerprint density at radius 2 is 2.17 bits per heavy atom. The summed E-state index contributed by atoms with van der Waals surface area (Å²) in [6, 6.07) is 6.01. The second kappa shape index (κ2) is 6.22. The van der Waals surface area contributed by atoms with Gasteiger partial charge in [0.2, 0.25) is 0 Å². The van der Waals surface area contributed by atoms with Crippen molar-refractivity contribution in [3.05, 3.63) is 33.8 Å². The smallest absolute Gasteiger partial charge is 0.0933 e. The number of nitrogens with zero attached hydrogens (tertiary/aromatic N) is 1. The molecule has 0 radical (unpaired) electrons. The Balaban J connectivity index is 2.04. The number of morpholine rings is 1. The van der Waals surface area contributed by atoms with Gasteiger partial charge in [0.15, 0.2) is 0 Å². The highest BCUT2D eigenvalue weighted by Crippen LogP contribution is 2.24. The number of rotatable bonds is 3. The third-order valence-corrected chi connectivity index (χ3v) is 3.95. The minimum atomic E-state index is -0.0935. The van der Waals surface area contributed by atoms with E-state index in [0.717, 1.165) is 18.7 Å². The average molecular weight is 290 g/mol. The van der Waals surface area contributed by atoms with E-state index in [1.165, 1.54) is 0 Å². The number of benzene rings is 1. The van der Waals surface area contributed by atoms with Crippen LogP contribution in [0.15, 0.2) is 18.2 Å². The van der Waals surface area contributed by atoms with Gasteiger partial charge in [0.1, 0.15) is 0 Å². The number of aliphatic hydroxyl groups is 1. The van der Waals surface area contributed by atoms with Crippen LogP contribution in [0.25, 0.3) is 0 Å². The van der Waals surface area contributed by atoms with E-state index < -0.39 is 0 Å². The Morgan fingerprint density at radius 3 is 2.83 bits per heavy atom. The van der Waals surface area contributed by atoms with Crippen molar-refractivity contribution in [3.63, 3.8) is 0 Å². The highest BCUT2D eigenvalue weighted by Gasteiger charge is 2.25. The van der Waals surface area contributed by atoms with Gasteiger partial charge in [-0.1, -0.05) is 29.3 Å². The van der Waals surface area contributed by atoms with Crippen LogP contribution in [0.3, 0.4) is 0 Å². The van der Waals surface area contributed by atoms with Gasteiger partial charge in [-0.25, -0.2) is 0 Å². The fourth-order valence-corrected chi connectivity index (χ4v) is 2.40. The van der Waals surface area contributed by atoms with Gasteiger partial charge in [-0.2, -0.15) is 0 Å². The lowest BCUT2D eigenvalue weighted by molar-refractivity contribution is -0.0805. The number of ether oxygens (including phenoxy) is 1. The summed E-state index contributed by atoms with van der Waals surface area (Å²) in [5, 5.41) is 10.3. The van der Waals surface area contributed by atoms with Gasteiger partial charge in [-0.05, 0) is 24.6 Å². The van der Waals surface area contributed by atoms with E-state index in [1.807, 2.05) is 18.2 Å². The van der Waals surface area contributed by atoms with Crippen LogP contribution in [0.5, 0.6) is 0 Å². The first-order chi connectivity index (χ1) is 8.60. The van der Waals surface area contributed by atoms with Crippen molar-refractivity contribution in [2.45, 2.75) is 25.6 Å². The molecule has 1 aliphatic rings. The third kappa shape index (κ3) is 3.37. The van der Waals surface area contributed by atoms with E-state index in [4.69, 9.17) is 33.0 Å². The SMILES string of the molecule is CC1COC(CO)CN1Cc1ccc(Cl)c(Cl)c1. The van der Waals surface area contributed by atoms with Gasteiger partial charge in [0.25, 0.3) is 0 Å². The van der Waals surface area contributed by atoms with Crippen LogP contribution >= 0.6 is 23.2 Å². The second-order valence-electron chi connectivity index (χ2n) is 4.66. The molecule has 0 aromatic heterocycles. The van der Waals surface area contributed by atoms with Crippen molar-refractivity contribution < 1.29 is 9.84 Å². The quantitative estimate of drug-likeness (QED) is 0.928. The van der Waals surface area contributed by atoms with Crippen molar-refractivity contribution in [2.24, 2.45) is 0 Å². The highest BCUT2D eigenvalue weighted by atomic mass is 35.5. The van der Waals surface area contributed by atoms with E-state index >= 15 is 0 Å². The zero-order chi connectivity index (χ0) is 13.1. The summed E-state index contributed by atoms with van der Waals surface area (Å²) in [7, 11) is 0. The molecule has 3 nitrogen and oxygen atoms in total. The van der Waals surface area contributed by atoms with Crippen molar-refractivity contribution in [1.82, 2.24) is 4.90 Å². The lowest BCUT2D eigenvalue weighted by Gasteiger charge is -2.37. The maximum atomic E-state index is 9.15. The molecule has 2 atom stereocenters. The molecule has 1 aliphatic heterocycles. The summed E-state index contributed by atoms with van der Waals surface area (Å²) in [6.07, 6.45) is -0.0935. The highest BCUT2D eigenvalue weighted by molar-refractivity contribution is 6.42. The van der Waals surface area contributed by atoms with Crippen molar-refractivity contribution >= 4 is 23.2 Å². The first kappa shape index (κ1) is 14.1. The largest absolute Gasteiger partial charge is 0.394 e. The second-order valence-corrected chi connectivity index (χ2v) is 5.48. The molecule has 5 heteroatoms. The van der Waals surface area contributed by atoms with E-state index in [2.05, 4.69) is 11.8 Å². The van der Waals surface area contributed by atoms with Crippen LogP contribution in [-0.4, -0.2) is 41.9 Å². The van der Waals surface area contributed by atoms with Gasteiger partial charge in [0, 0.05) is 19.1 Å². The Hall–Kier alpha value is -0.320. The molecule has 0 bridgehead atoms. The molecule has 2 rings (SSSR count). The predicted octanol–water partition coefficient (Wildman–Crippen LogP) is 2.58. The van der Waals surface area contributed by atoms with Gasteiger partial charge in [-0.3, -0.25) is 4.90 Å². The van der Waals surface area contributed by atoms with Gasteiger partial charge in [-0.15, -0.1) is 0 Å². The van der Waals surface area contributed by atoms with E-state index in [9.17, 15) is 0 Å². The number of hydrogen-bond donors (Lipinski definition) is 1. The van der Waals surface area contributed by atoms with E-state index in [1.54, 1.807) is 0 Å². The molecular weight excluding hydrogens is 273 g/mol. The van der Waals surface area contributed by atoms with Gasteiger partial charge >= 0.3 is 0 Å². The molecule has 0 spiro atoms. The Kier molecular flexibility index (Phi) is 4.87. The Bertz CT molecular complexity index is 414. The van der Waals surface area contributed by atoms with Crippen molar-refractivity contribution in [1.29, 1.82) is 0 Å². The van der Waals surface area contributed by atoms with Crippen LogP contribution in [0.1, 0.15) is 12.5 Å². The van der Waals surface area contributed by atoms with Gasteiger partial charge in [0.05, 0.1) is 29.4 Å². The van der Waals surface area contributed by atoms with E-state index in [-0.39, 0.29) is 12.7 Å². The zero-order valence-corrected chi connectivity index (χ0v) is 11.8. The summed E-state index contributed by atoms with van der Waals surface area (Å²) in [4.78, 5) is 2.28. The number of hydrogen-bond acceptors (Lipinski definition) is 3. The topological polar surface area (TPSA) is 32.7 Å². The molecule has 1 N–H and O–H groups in total. The van der Waals surface area contributed by atoms with Crippen molar-refractivity contribution in [2.75, 3.05) is 19.8 Å². The summed E-state index contributed by atoms with van der Waals surface area (Å²) < 4.78 is 5.51. The van der Waals surface area contributed by atoms with Crippen LogP contribution < -0.4 is 0 Å². The molecule has 1 saturated heterocycles. The average Bonchev–Trinajstić information content (AvgIpc) is 2.36. The number of aliphatic hydroxyl groups excluding tert-OH is 1. The molecule has 100 valence electrons. The number of halogens is 2. The van der Waals surface area contributed by atoms with E-state index in [0.29, 0.717) is 22.7 Å². The fraction of sp³-hybridized carbons (Fsp3) is 0.538. The normalized spacial score (nSPS) is 25.3. The van der Waals surface area contributed by atoms with Gasteiger partial charge < -0.3 is 9.84 Å². The Labute approximate surface area is 117 Å². The summed E-state index contributed by atoms with van der Waals surface area (Å²) in [5.41, 5.74) is 1.12. The molecule has 0 aliphatic carbocycles. The summed E-state index contributed by atoms with van der Waals surface area (Å²) in [5.74, 6) is 0. The molecule has 18 heavy (non-hydrogen) atoms. The molecule has 2 unspecified atom stereocenters. The lowest BCUT2D eigenvalue weighted by Crippen LogP contribution is -2.48. The molecule has 1 aromatic rings. The molecule has 0 saturated carbocycles. The van der Waals surface area contributed by atoms with Crippen molar-refractivity contribution in [3.8, 4) is 0 Å².